The van der Waals surface area contributed by atoms with E-state index in [0.29, 0.717) is 0 Å². The lowest BCUT2D eigenvalue weighted by molar-refractivity contribution is -0.126. The normalized spacial score (nSPS) is 9.69. The third-order valence-electron chi connectivity index (χ3n) is 1.21. The first-order valence-electron chi connectivity index (χ1n) is 3.17. The summed E-state index contributed by atoms with van der Waals surface area (Å²) in [5.41, 5.74) is 0.00833. The van der Waals surface area contributed by atoms with Crippen molar-refractivity contribution in [3.05, 3.63) is 11.8 Å². The van der Waals surface area contributed by atoms with Gasteiger partial charge >= 0.3 is 6.43 Å². The molecule has 0 spiro atoms. The number of aromatic amines is 1. The second kappa shape index (κ2) is 3.62. The number of hydrogen-bond acceptors (Lipinski definition) is 3. The Morgan fingerprint density at radius 3 is 3.00 bits per heavy atom. The first-order chi connectivity index (χ1) is 6.15. The number of rotatable bonds is 2. The highest BCUT2D eigenvalue weighted by molar-refractivity contribution is 5.93. The molecule has 0 aliphatic heterocycles. The zero-order valence-corrected chi connectivity index (χ0v) is 6.21. The summed E-state index contributed by atoms with van der Waals surface area (Å²) in [4.78, 5) is 10.5. The Labute approximate surface area is 71.4 Å². The summed E-state index contributed by atoms with van der Waals surface area (Å²) in [6.07, 6.45) is -1.99. The van der Waals surface area contributed by atoms with E-state index in [0.717, 1.165) is 6.20 Å². The fourth-order valence-corrected chi connectivity index (χ4v) is 0.644. The smallest absolute Gasteiger partial charge is 0.305 e. The largest absolute Gasteiger partial charge is 0.315 e. The summed E-state index contributed by atoms with van der Waals surface area (Å²) in [5.74, 6) is -1.59. The molecule has 0 atom stereocenters. The third-order valence-corrected chi connectivity index (χ3v) is 1.21. The molecule has 1 amide bonds. The highest BCUT2D eigenvalue weighted by atomic mass is 19.3. The number of carbonyl (C=O) groups is 1. The number of halogens is 2. The predicted molar refractivity (Wildman–Crippen MR) is 37.9 cm³/mol. The molecule has 0 fully saturated rings. The number of nitrogens with one attached hydrogen (secondary N) is 2. The lowest BCUT2D eigenvalue weighted by atomic mass is 10.3. The molecular weight excluding hydrogens is 182 g/mol. The molecule has 1 aromatic heterocycles. The van der Waals surface area contributed by atoms with Crippen LogP contribution in [0.15, 0.2) is 6.20 Å². The number of amides is 1. The molecule has 0 unspecified atom stereocenters. The van der Waals surface area contributed by atoms with Crippen LogP contribution in [-0.4, -0.2) is 22.5 Å². The van der Waals surface area contributed by atoms with Crippen LogP contribution in [0.1, 0.15) is 5.56 Å². The molecule has 0 radical (unpaired) electrons. The molecule has 13 heavy (non-hydrogen) atoms. The maximum absolute atomic E-state index is 11.7. The van der Waals surface area contributed by atoms with Crippen LogP contribution in [0.5, 0.6) is 0 Å². The van der Waals surface area contributed by atoms with Gasteiger partial charge in [-0.2, -0.15) is 19.1 Å². The van der Waals surface area contributed by atoms with Crippen molar-refractivity contribution in [3.63, 3.8) is 0 Å². The fourth-order valence-electron chi connectivity index (χ4n) is 0.644. The van der Waals surface area contributed by atoms with Crippen molar-refractivity contribution >= 4 is 11.7 Å². The Hall–Kier alpha value is -1.97. The second-order valence-corrected chi connectivity index (χ2v) is 2.06. The number of alkyl halides is 2. The lowest BCUT2D eigenvalue weighted by Gasteiger charge is -2.00. The van der Waals surface area contributed by atoms with Crippen molar-refractivity contribution in [3.8, 4) is 6.07 Å². The van der Waals surface area contributed by atoms with Crippen LogP contribution in [0, 0.1) is 11.3 Å². The molecule has 1 heterocycles. The summed E-state index contributed by atoms with van der Waals surface area (Å²) >= 11 is 0. The van der Waals surface area contributed by atoms with Crippen molar-refractivity contribution in [1.29, 1.82) is 5.26 Å². The Morgan fingerprint density at radius 2 is 2.46 bits per heavy atom. The van der Waals surface area contributed by atoms with Crippen LogP contribution >= 0.6 is 0 Å². The summed E-state index contributed by atoms with van der Waals surface area (Å²) in [6.45, 7) is 0. The molecular formula is C6H4F2N4O. The molecule has 0 aliphatic rings. The first kappa shape index (κ1) is 9.12. The summed E-state index contributed by atoms with van der Waals surface area (Å²) in [7, 11) is 0. The zero-order valence-electron chi connectivity index (χ0n) is 6.21. The molecule has 7 heteroatoms. The average Bonchev–Trinajstić information content (AvgIpc) is 2.51. The van der Waals surface area contributed by atoms with E-state index in [9.17, 15) is 13.6 Å². The van der Waals surface area contributed by atoms with Gasteiger partial charge in [0.15, 0.2) is 0 Å². The van der Waals surface area contributed by atoms with Gasteiger partial charge in [-0.25, -0.2) is 0 Å². The fraction of sp³-hybridized carbons (Fsp3) is 0.167. The van der Waals surface area contributed by atoms with E-state index in [-0.39, 0.29) is 11.4 Å². The molecule has 68 valence electrons. The molecule has 0 aliphatic carbocycles. The molecule has 1 rings (SSSR count). The minimum absolute atomic E-state index is 0.00833. The number of carbonyl (C=O) groups excluding carboxylic acids is 1. The highest BCUT2D eigenvalue weighted by Gasteiger charge is 2.17. The van der Waals surface area contributed by atoms with E-state index in [1.165, 1.54) is 0 Å². The molecule has 0 bridgehead atoms. The van der Waals surface area contributed by atoms with Crippen molar-refractivity contribution in [1.82, 2.24) is 10.2 Å². The maximum atomic E-state index is 11.7. The molecule has 0 saturated heterocycles. The van der Waals surface area contributed by atoms with Gasteiger partial charge in [0, 0.05) is 0 Å². The van der Waals surface area contributed by atoms with Gasteiger partial charge < -0.3 is 5.32 Å². The van der Waals surface area contributed by atoms with E-state index in [1.54, 1.807) is 6.07 Å². The van der Waals surface area contributed by atoms with Crippen LogP contribution in [-0.2, 0) is 4.79 Å². The minimum Gasteiger partial charge on any atom is -0.305 e. The molecule has 0 aromatic carbocycles. The zero-order chi connectivity index (χ0) is 9.84. The van der Waals surface area contributed by atoms with Crippen LogP contribution in [0.3, 0.4) is 0 Å². The van der Waals surface area contributed by atoms with Crippen LogP contribution in [0.2, 0.25) is 0 Å². The van der Waals surface area contributed by atoms with E-state index < -0.39 is 12.3 Å². The van der Waals surface area contributed by atoms with Crippen LogP contribution in [0.25, 0.3) is 0 Å². The Morgan fingerprint density at radius 1 is 1.77 bits per heavy atom. The molecule has 1 aromatic rings. The van der Waals surface area contributed by atoms with Crippen molar-refractivity contribution in [2.45, 2.75) is 6.43 Å². The molecule has 5 nitrogen and oxygen atoms in total. The minimum atomic E-state index is -3.12. The summed E-state index contributed by atoms with van der Waals surface area (Å²) in [5, 5.41) is 15.8. The standard InChI is InChI=1S/C6H4F2N4O/c7-4(8)6(13)11-5-3(1-9)2-10-12-5/h2,4H,(H2,10,11,12,13). The van der Waals surface area contributed by atoms with Gasteiger partial charge in [0.25, 0.3) is 5.91 Å². The number of nitriles is 1. The molecule has 0 saturated carbocycles. The van der Waals surface area contributed by atoms with E-state index in [2.05, 4.69) is 10.2 Å². The summed E-state index contributed by atoms with van der Waals surface area (Å²) in [6, 6.07) is 1.67. The Balaban J connectivity index is 2.76. The van der Waals surface area contributed by atoms with Gasteiger partial charge in [-0.15, -0.1) is 0 Å². The van der Waals surface area contributed by atoms with E-state index >= 15 is 0 Å². The van der Waals surface area contributed by atoms with Gasteiger partial charge in [-0.1, -0.05) is 0 Å². The number of hydrogen-bond donors (Lipinski definition) is 2. The monoisotopic (exact) mass is 186 g/mol. The predicted octanol–water partition coefficient (Wildman–Crippen LogP) is 0.485. The van der Waals surface area contributed by atoms with Gasteiger partial charge in [0.1, 0.15) is 17.5 Å². The van der Waals surface area contributed by atoms with Gasteiger partial charge in [0.05, 0.1) is 6.20 Å². The average molecular weight is 186 g/mol. The number of aromatic nitrogens is 2. The maximum Gasteiger partial charge on any atom is 0.315 e. The van der Waals surface area contributed by atoms with Crippen LogP contribution < -0.4 is 5.32 Å². The SMILES string of the molecule is N#Cc1cn[nH]c1NC(=O)C(F)F. The quantitative estimate of drug-likeness (QED) is 0.704. The third kappa shape index (κ3) is 1.99. The Kier molecular flexibility index (Phi) is 2.54. The van der Waals surface area contributed by atoms with Gasteiger partial charge in [-0.05, 0) is 0 Å². The second-order valence-electron chi connectivity index (χ2n) is 2.06. The van der Waals surface area contributed by atoms with E-state index in [1.807, 2.05) is 5.32 Å². The van der Waals surface area contributed by atoms with Crippen LogP contribution in [0.4, 0.5) is 14.6 Å². The van der Waals surface area contributed by atoms with Gasteiger partial charge in [0.2, 0.25) is 0 Å². The number of H-pyrrole nitrogens is 1. The van der Waals surface area contributed by atoms with E-state index in [4.69, 9.17) is 5.26 Å². The lowest BCUT2D eigenvalue weighted by Crippen LogP contribution is -2.20. The molecule has 2 N–H and O–H groups in total. The number of nitrogens with zero attached hydrogens (tertiary/aromatic N) is 2. The van der Waals surface area contributed by atoms with Crippen molar-refractivity contribution in [2.24, 2.45) is 0 Å². The Bertz CT molecular complexity index is 354. The first-order valence-corrected chi connectivity index (χ1v) is 3.17. The highest BCUT2D eigenvalue weighted by Crippen LogP contribution is 2.09. The van der Waals surface area contributed by atoms with Crippen molar-refractivity contribution < 1.29 is 13.6 Å². The summed E-state index contributed by atoms with van der Waals surface area (Å²) < 4.78 is 23.5. The van der Waals surface area contributed by atoms with Crippen molar-refractivity contribution in [2.75, 3.05) is 5.32 Å². The topological polar surface area (TPSA) is 81.6 Å². The number of anilines is 1. The van der Waals surface area contributed by atoms with Gasteiger partial charge in [-0.3, -0.25) is 9.89 Å².